The third-order valence-electron chi connectivity index (χ3n) is 9.02. The minimum Gasteiger partial charge on any atom is -0.394 e. The van der Waals surface area contributed by atoms with Gasteiger partial charge in [-0.1, -0.05) is 199 Å². The zero-order valence-corrected chi connectivity index (χ0v) is 29.2. The molecule has 0 bridgehead atoms. The SMILES string of the molecule is CCCCCCCCCCCCCCCCCCC/C=C/C(O)C(CO)NC(=O)CCCCCCCCCCCCCC. The predicted molar refractivity (Wildman–Crippen MR) is 189 cm³/mol. The average molecular weight is 608 g/mol. The fourth-order valence-electron chi connectivity index (χ4n) is 6.00. The lowest BCUT2D eigenvalue weighted by molar-refractivity contribution is -0.123. The maximum atomic E-state index is 12.3. The predicted octanol–water partition coefficient (Wildman–Crippen LogP) is 11.5. The maximum absolute atomic E-state index is 12.3. The van der Waals surface area contributed by atoms with E-state index in [1.54, 1.807) is 6.08 Å². The number of hydrogen-bond donors (Lipinski definition) is 3. The van der Waals surface area contributed by atoms with Gasteiger partial charge in [0.25, 0.3) is 0 Å². The number of carbonyl (C=O) groups is 1. The molecule has 0 rings (SSSR count). The fraction of sp³-hybridized carbons (Fsp3) is 0.923. The molecule has 0 aromatic heterocycles. The van der Waals surface area contributed by atoms with Crippen LogP contribution in [-0.4, -0.2) is 34.9 Å². The van der Waals surface area contributed by atoms with E-state index in [-0.39, 0.29) is 12.5 Å². The number of carbonyl (C=O) groups excluding carboxylic acids is 1. The Hall–Kier alpha value is -0.870. The van der Waals surface area contributed by atoms with E-state index in [1.807, 2.05) is 6.08 Å². The van der Waals surface area contributed by atoms with E-state index in [4.69, 9.17) is 0 Å². The summed E-state index contributed by atoms with van der Waals surface area (Å²) in [6.07, 6.45) is 43.0. The summed E-state index contributed by atoms with van der Waals surface area (Å²) >= 11 is 0. The quantitative estimate of drug-likeness (QED) is 0.0496. The first-order valence-electron chi connectivity index (χ1n) is 19.4. The van der Waals surface area contributed by atoms with Crippen molar-refractivity contribution in [3.63, 3.8) is 0 Å². The molecule has 0 spiro atoms. The minimum atomic E-state index is -0.832. The summed E-state index contributed by atoms with van der Waals surface area (Å²) < 4.78 is 0. The summed E-state index contributed by atoms with van der Waals surface area (Å²) in [5, 5.41) is 22.9. The third kappa shape index (κ3) is 32.3. The van der Waals surface area contributed by atoms with Crippen molar-refractivity contribution in [2.45, 2.75) is 225 Å². The Bertz CT molecular complexity index is 579. The highest BCUT2D eigenvalue weighted by molar-refractivity contribution is 5.76. The lowest BCUT2D eigenvalue weighted by Crippen LogP contribution is -2.45. The molecule has 4 nitrogen and oxygen atoms in total. The number of rotatable bonds is 35. The van der Waals surface area contributed by atoms with Gasteiger partial charge < -0.3 is 15.5 Å². The average Bonchev–Trinajstić information content (AvgIpc) is 3.01. The summed E-state index contributed by atoms with van der Waals surface area (Å²) in [4.78, 5) is 12.3. The van der Waals surface area contributed by atoms with E-state index < -0.39 is 12.1 Å². The van der Waals surface area contributed by atoms with Gasteiger partial charge in [0.1, 0.15) is 0 Å². The normalized spacial score (nSPS) is 13.1. The van der Waals surface area contributed by atoms with Crippen LogP contribution in [0.4, 0.5) is 0 Å². The Morgan fingerprint density at radius 3 is 1.21 bits per heavy atom. The molecule has 0 radical (unpaired) electrons. The first-order valence-corrected chi connectivity index (χ1v) is 19.4. The van der Waals surface area contributed by atoms with Crippen LogP contribution in [0.5, 0.6) is 0 Å². The summed E-state index contributed by atoms with van der Waals surface area (Å²) in [5.74, 6) is -0.0632. The van der Waals surface area contributed by atoms with Gasteiger partial charge in [-0.3, -0.25) is 4.79 Å². The first-order chi connectivity index (χ1) is 21.2. The second kappa shape index (κ2) is 35.6. The molecule has 256 valence electrons. The highest BCUT2D eigenvalue weighted by atomic mass is 16.3. The largest absolute Gasteiger partial charge is 0.394 e. The number of aliphatic hydroxyl groups excluding tert-OH is 2. The Kier molecular flexibility index (Phi) is 34.9. The van der Waals surface area contributed by atoms with Crippen molar-refractivity contribution >= 4 is 5.91 Å². The molecule has 4 heteroatoms. The van der Waals surface area contributed by atoms with Crippen LogP contribution in [0.15, 0.2) is 12.2 Å². The molecule has 2 unspecified atom stereocenters. The number of nitrogens with one attached hydrogen (secondary N) is 1. The van der Waals surface area contributed by atoms with Crippen LogP contribution < -0.4 is 5.32 Å². The molecule has 0 fully saturated rings. The van der Waals surface area contributed by atoms with Gasteiger partial charge in [-0.25, -0.2) is 0 Å². The van der Waals surface area contributed by atoms with Crippen LogP contribution in [0.3, 0.4) is 0 Å². The van der Waals surface area contributed by atoms with E-state index in [1.165, 1.54) is 167 Å². The van der Waals surface area contributed by atoms with Gasteiger partial charge in [-0.2, -0.15) is 0 Å². The number of aliphatic hydroxyl groups is 2. The molecule has 0 aromatic carbocycles. The van der Waals surface area contributed by atoms with Crippen LogP contribution in [-0.2, 0) is 4.79 Å². The molecule has 3 N–H and O–H groups in total. The third-order valence-corrected chi connectivity index (χ3v) is 9.02. The lowest BCUT2D eigenvalue weighted by atomic mass is 10.0. The van der Waals surface area contributed by atoms with E-state index in [0.29, 0.717) is 6.42 Å². The van der Waals surface area contributed by atoms with Crippen LogP contribution in [0.1, 0.15) is 213 Å². The smallest absolute Gasteiger partial charge is 0.220 e. The zero-order valence-electron chi connectivity index (χ0n) is 29.2. The standard InChI is InChI=1S/C39H77NO3/c1-3-5-7-9-11-13-15-17-18-19-20-21-22-23-24-26-28-30-32-34-38(42)37(36-41)40-39(43)35-33-31-29-27-25-16-14-12-10-8-6-4-2/h32,34,37-38,41-42H,3-31,33,35-36H2,1-2H3,(H,40,43)/b34-32+. The molecule has 0 saturated carbocycles. The highest BCUT2D eigenvalue weighted by Gasteiger charge is 2.17. The van der Waals surface area contributed by atoms with Crippen molar-refractivity contribution in [2.24, 2.45) is 0 Å². The molecule has 2 atom stereocenters. The number of amides is 1. The van der Waals surface area contributed by atoms with E-state index in [0.717, 1.165) is 25.7 Å². The number of allylic oxidation sites excluding steroid dienone is 1. The Labute approximate surface area is 269 Å². The Morgan fingerprint density at radius 1 is 0.535 bits per heavy atom. The van der Waals surface area contributed by atoms with Gasteiger partial charge in [0.15, 0.2) is 0 Å². The summed E-state index contributed by atoms with van der Waals surface area (Å²) in [5.41, 5.74) is 0. The molecule has 0 aliphatic heterocycles. The second-order valence-corrected chi connectivity index (χ2v) is 13.4. The molecule has 1 amide bonds. The minimum absolute atomic E-state index is 0.0632. The van der Waals surface area contributed by atoms with Crippen molar-refractivity contribution in [3.05, 3.63) is 12.2 Å². The maximum Gasteiger partial charge on any atom is 0.220 e. The number of hydrogen-bond acceptors (Lipinski definition) is 3. The van der Waals surface area contributed by atoms with Gasteiger partial charge in [0.05, 0.1) is 18.8 Å². The summed E-state index contributed by atoms with van der Waals surface area (Å²) in [7, 11) is 0. The molecule has 43 heavy (non-hydrogen) atoms. The van der Waals surface area contributed by atoms with Crippen LogP contribution in [0, 0.1) is 0 Å². The first kappa shape index (κ1) is 42.1. The van der Waals surface area contributed by atoms with Crippen molar-refractivity contribution < 1.29 is 15.0 Å². The van der Waals surface area contributed by atoms with Crippen LogP contribution in [0.2, 0.25) is 0 Å². The van der Waals surface area contributed by atoms with E-state index in [2.05, 4.69) is 19.2 Å². The number of unbranched alkanes of at least 4 members (excludes halogenated alkanes) is 28. The van der Waals surface area contributed by atoms with E-state index >= 15 is 0 Å². The summed E-state index contributed by atoms with van der Waals surface area (Å²) in [6, 6.07) is -0.614. The van der Waals surface area contributed by atoms with Crippen LogP contribution in [0.25, 0.3) is 0 Å². The Balaban J connectivity index is 3.56. The van der Waals surface area contributed by atoms with Gasteiger partial charge in [0, 0.05) is 6.42 Å². The van der Waals surface area contributed by atoms with Gasteiger partial charge in [-0.05, 0) is 19.3 Å². The monoisotopic (exact) mass is 608 g/mol. The van der Waals surface area contributed by atoms with Crippen molar-refractivity contribution in [3.8, 4) is 0 Å². The highest BCUT2D eigenvalue weighted by Crippen LogP contribution is 2.15. The summed E-state index contributed by atoms with van der Waals surface area (Å²) in [6.45, 7) is 4.31. The molecule has 0 heterocycles. The lowest BCUT2D eigenvalue weighted by Gasteiger charge is -2.20. The van der Waals surface area contributed by atoms with Gasteiger partial charge in [-0.15, -0.1) is 0 Å². The molecular formula is C39H77NO3. The molecule has 0 aromatic rings. The van der Waals surface area contributed by atoms with Gasteiger partial charge >= 0.3 is 0 Å². The zero-order chi connectivity index (χ0) is 31.5. The topological polar surface area (TPSA) is 69.6 Å². The van der Waals surface area contributed by atoms with Crippen molar-refractivity contribution in [1.82, 2.24) is 5.32 Å². The Morgan fingerprint density at radius 2 is 0.860 bits per heavy atom. The second-order valence-electron chi connectivity index (χ2n) is 13.4. The molecule has 0 aliphatic carbocycles. The van der Waals surface area contributed by atoms with E-state index in [9.17, 15) is 15.0 Å². The molecule has 0 aliphatic rings. The van der Waals surface area contributed by atoms with Crippen molar-refractivity contribution in [1.29, 1.82) is 0 Å². The van der Waals surface area contributed by atoms with Gasteiger partial charge in [0.2, 0.25) is 5.91 Å². The molecule has 0 saturated heterocycles. The fourth-order valence-corrected chi connectivity index (χ4v) is 6.00. The van der Waals surface area contributed by atoms with Crippen LogP contribution >= 0.6 is 0 Å². The van der Waals surface area contributed by atoms with Crippen molar-refractivity contribution in [2.75, 3.05) is 6.61 Å². The molecular weight excluding hydrogens is 530 g/mol.